The van der Waals surface area contributed by atoms with E-state index in [0.29, 0.717) is 31.3 Å². The Kier molecular flexibility index (Phi) is 10.5. The van der Waals surface area contributed by atoms with Gasteiger partial charge in [0.05, 0.1) is 24.4 Å². The lowest BCUT2D eigenvalue weighted by molar-refractivity contribution is -0.348. The summed E-state index contributed by atoms with van der Waals surface area (Å²) in [5.41, 5.74) is -2.79. The van der Waals surface area contributed by atoms with Crippen molar-refractivity contribution in [2.45, 2.75) is 115 Å². The predicted octanol–water partition coefficient (Wildman–Crippen LogP) is 0.948. The molecule has 7 unspecified atom stereocenters. The van der Waals surface area contributed by atoms with Crippen molar-refractivity contribution in [2.75, 3.05) is 20.3 Å². The maximum Gasteiger partial charge on any atom is 0.397 e. The van der Waals surface area contributed by atoms with Gasteiger partial charge in [0.2, 0.25) is 5.79 Å². The largest absolute Gasteiger partial charge is 0.397 e. The lowest BCUT2D eigenvalue weighted by atomic mass is 9.43. The van der Waals surface area contributed by atoms with Gasteiger partial charge in [-0.25, -0.2) is 4.18 Å². The number of aliphatic hydroxyl groups excluding tert-OH is 6. The summed E-state index contributed by atoms with van der Waals surface area (Å²) in [6.07, 6.45) is -1.35. The van der Waals surface area contributed by atoms with Crippen molar-refractivity contribution in [1.82, 2.24) is 0 Å². The molecule has 3 saturated carbocycles. The van der Waals surface area contributed by atoms with E-state index in [0.717, 1.165) is 0 Å². The highest BCUT2D eigenvalue weighted by molar-refractivity contribution is 7.80. The molecular formula is C34H56O13S. The van der Waals surface area contributed by atoms with E-state index < -0.39 is 92.9 Å². The smallest absolute Gasteiger partial charge is 0.396 e. The molecule has 0 aromatic rings. The van der Waals surface area contributed by atoms with E-state index in [9.17, 15) is 48.7 Å². The molecule has 1 saturated heterocycles. The number of hydrogen-bond donors (Lipinski definition) is 8. The molecule has 276 valence electrons. The SMILES string of the molecule is COC1([C@@H]2C=C3[C@H](O)C[C@]4(O)C(CC[C@@]5(C)C4C(OS(=O)(=O)O)[C@H](O)[C@@H]5[C@H](C)/C=C/[C@H](CO)C(C)C)[C@@]3(C)CC2)OCC(O)C(O)C1O. The van der Waals surface area contributed by atoms with E-state index in [-0.39, 0.29) is 37.4 Å². The minimum absolute atomic E-state index is 0.0593. The fourth-order valence-corrected chi connectivity index (χ4v) is 11.4. The van der Waals surface area contributed by atoms with E-state index in [2.05, 4.69) is 0 Å². The number of hydrogen-bond acceptors (Lipinski definition) is 12. The highest BCUT2D eigenvalue weighted by atomic mass is 32.3. The monoisotopic (exact) mass is 704 g/mol. The molecule has 0 aromatic heterocycles. The summed E-state index contributed by atoms with van der Waals surface area (Å²) in [5, 5.41) is 78.0. The molecule has 1 aliphatic heterocycles. The van der Waals surface area contributed by atoms with Crippen LogP contribution in [0.15, 0.2) is 23.8 Å². The van der Waals surface area contributed by atoms with Crippen LogP contribution in [-0.4, -0.2) is 117 Å². The normalized spacial score (nSPS) is 49.3. The molecule has 8 N–H and O–H groups in total. The number of ether oxygens (including phenoxy) is 2. The third-order valence-corrected chi connectivity index (χ3v) is 13.7. The topological polar surface area (TPSA) is 224 Å². The van der Waals surface area contributed by atoms with Crippen LogP contribution in [0, 0.1) is 52.3 Å². The van der Waals surface area contributed by atoms with Gasteiger partial charge in [-0.1, -0.05) is 52.8 Å². The quantitative estimate of drug-likeness (QED) is 0.124. The molecule has 5 rings (SSSR count). The van der Waals surface area contributed by atoms with Crippen LogP contribution in [0.4, 0.5) is 0 Å². The van der Waals surface area contributed by atoms with E-state index in [1.807, 2.05) is 46.8 Å². The molecule has 14 heteroatoms. The third kappa shape index (κ3) is 5.95. The maximum atomic E-state index is 12.9. The maximum absolute atomic E-state index is 12.9. The summed E-state index contributed by atoms with van der Waals surface area (Å²) in [7, 11) is -3.71. The predicted molar refractivity (Wildman–Crippen MR) is 172 cm³/mol. The molecule has 4 aliphatic carbocycles. The van der Waals surface area contributed by atoms with Gasteiger partial charge in [-0.15, -0.1) is 0 Å². The second-order valence-electron chi connectivity index (χ2n) is 16.0. The molecule has 5 aliphatic rings. The molecule has 13 nitrogen and oxygen atoms in total. The second kappa shape index (κ2) is 13.2. The van der Waals surface area contributed by atoms with Gasteiger partial charge in [0.1, 0.15) is 24.4 Å². The number of allylic oxidation sites excluding steroid dienone is 1. The lowest BCUT2D eigenvalue weighted by Gasteiger charge is -2.64. The molecule has 0 bridgehead atoms. The summed E-state index contributed by atoms with van der Waals surface area (Å²) in [6, 6.07) is 0. The van der Waals surface area contributed by atoms with Gasteiger partial charge in [0, 0.05) is 37.9 Å². The summed E-state index contributed by atoms with van der Waals surface area (Å²) >= 11 is 0. The molecular weight excluding hydrogens is 648 g/mol. The molecule has 0 aromatic carbocycles. The van der Waals surface area contributed by atoms with Gasteiger partial charge in [-0.2, -0.15) is 8.42 Å². The number of rotatable bonds is 9. The average molecular weight is 705 g/mol. The fraction of sp³-hybridized carbons (Fsp3) is 0.882. The molecule has 0 radical (unpaired) electrons. The fourth-order valence-electron chi connectivity index (χ4n) is 10.9. The first-order chi connectivity index (χ1) is 22.2. The standard InChI is InChI=1S/C34H56O13S/c1-17(2)19(15-35)8-7-18(3)25-27(39)28(47-48(42,43)44)29-32(25,5)12-10-24-31(4)11-9-20(13-21(31)22(36)14-33(24,29)41)34(45-6)30(40)26(38)23(37)16-46-34/h7-8,13,17-20,22-30,35-41H,9-12,14-16H2,1-6H3,(H,42,43,44)/b8-7+/t18-,19-,20+,22-,23?,24?,25+,26?,27-,28?,29?,30?,31+,32-,33+,34?/m1/s1. The van der Waals surface area contributed by atoms with Crippen LogP contribution in [0.2, 0.25) is 0 Å². The zero-order valence-electron chi connectivity index (χ0n) is 28.7. The summed E-state index contributed by atoms with van der Waals surface area (Å²) in [4.78, 5) is 0. The van der Waals surface area contributed by atoms with Crippen LogP contribution in [0.25, 0.3) is 0 Å². The zero-order valence-corrected chi connectivity index (χ0v) is 29.5. The van der Waals surface area contributed by atoms with Crippen LogP contribution in [-0.2, 0) is 24.1 Å². The van der Waals surface area contributed by atoms with Crippen molar-refractivity contribution in [3.05, 3.63) is 23.8 Å². The minimum Gasteiger partial charge on any atom is -0.396 e. The van der Waals surface area contributed by atoms with Crippen LogP contribution in [0.5, 0.6) is 0 Å². The van der Waals surface area contributed by atoms with Gasteiger partial charge < -0.3 is 45.2 Å². The molecule has 16 atom stereocenters. The van der Waals surface area contributed by atoms with Crippen LogP contribution < -0.4 is 0 Å². The van der Waals surface area contributed by atoms with Gasteiger partial charge in [-0.05, 0) is 65.8 Å². The molecule has 1 heterocycles. The van der Waals surface area contributed by atoms with Gasteiger partial charge in [-0.3, -0.25) is 4.55 Å². The first kappa shape index (κ1) is 38.2. The van der Waals surface area contributed by atoms with Gasteiger partial charge >= 0.3 is 10.4 Å². The highest BCUT2D eigenvalue weighted by Crippen LogP contribution is 2.70. The Labute approximate surface area is 283 Å². The van der Waals surface area contributed by atoms with Crippen molar-refractivity contribution < 1.29 is 62.4 Å². The Balaban J connectivity index is 1.54. The Morgan fingerprint density at radius 2 is 1.71 bits per heavy atom. The second-order valence-corrected chi connectivity index (χ2v) is 17.1. The number of aliphatic hydroxyl groups is 7. The van der Waals surface area contributed by atoms with Gasteiger partial charge in [0.15, 0.2) is 0 Å². The van der Waals surface area contributed by atoms with Crippen molar-refractivity contribution in [1.29, 1.82) is 0 Å². The lowest BCUT2D eigenvalue weighted by Crippen LogP contribution is -2.68. The Hall–Kier alpha value is -1.01. The van der Waals surface area contributed by atoms with Crippen LogP contribution >= 0.6 is 0 Å². The Bertz CT molecular complexity index is 1350. The number of methoxy groups -OCH3 is 1. The Morgan fingerprint density at radius 1 is 1.04 bits per heavy atom. The van der Waals surface area contributed by atoms with Crippen molar-refractivity contribution in [3.8, 4) is 0 Å². The van der Waals surface area contributed by atoms with Crippen molar-refractivity contribution in [2.24, 2.45) is 52.3 Å². The van der Waals surface area contributed by atoms with Crippen molar-refractivity contribution >= 4 is 10.4 Å². The summed E-state index contributed by atoms with van der Waals surface area (Å²) < 4.78 is 51.1. The molecule has 4 fully saturated rings. The van der Waals surface area contributed by atoms with E-state index in [1.165, 1.54) is 7.11 Å². The van der Waals surface area contributed by atoms with Gasteiger partial charge in [0.25, 0.3) is 0 Å². The first-order valence-corrected chi connectivity index (χ1v) is 18.6. The first-order valence-electron chi connectivity index (χ1n) is 17.2. The van der Waals surface area contributed by atoms with Crippen LogP contribution in [0.3, 0.4) is 0 Å². The molecule has 48 heavy (non-hydrogen) atoms. The zero-order chi connectivity index (χ0) is 35.8. The summed E-state index contributed by atoms with van der Waals surface area (Å²) in [6.45, 7) is 9.40. The molecule has 0 amide bonds. The molecule has 0 spiro atoms. The highest BCUT2D eigenvalue weighted by Gasteiger charge is 2.73. The van der Waals surface area contributed by atoms with E-state index in [4.69, 9.17) is 13.7 Å². The minimum atomic E-state index is -5.05. The van der Waals surface area contributed by atoms with Crippen LogP contribution in [0.1, 0.15) is 66.7 Å². The Morgan fingerprint density at radius 3 is 2.29 bits per heavy atom. The van der Waals surface area contributed by atoms with E-state index >= 15 is 0 Å². The average Bonchev–Trinajstić information content (AvgIpc) is 3.21. The third-order valence-electron chi connectivity index (χ3n) is 13.3. The summed E-state index contributed by atoms with van der Waals surface area (Å²) in [5.74, 6) is -4.68. The van der Waals surface area contributed by atoms with E-state index in [1.54, 1.807) is 6.08 Å². The van der Waals surface area contributed by atoms with Crippen molar-refractivity contribution in [3.63, 3.8) is 0 Å². The number of fused-ring (bicyclic) bond motifs is 5.